The monoisotopic (exact) mass is 293 g/mol. The van der Waals surface area contributed by atoms with Crippen LogP contribution in [0.25, 0.3) is 0 Å². The minimum absolute atomic E-state index is 0.509. The van der Waals surface area contributed by atoms with Gasteiger partial charge in [-0.1, -0.05) is 20.8 Å². The third-order valence-corrected chi connectivity index (χ3v) is 5.32. The van der Waals surface area contributed by atoms with Crippen molar-refractivity contribution in [3.63, 3.8) is 0 Å². The van der Waals surface area contributed by atoms with Crippen LogP contribution < -0.4 is 10.2 Å². The molecule has 1 saturated heterocycles. The van der Waals surface area contributed by atoms with Crippen LogP contribution in [0.2, 0.25) is 0 Å². The second-order valence-electron chi connectivity index (χ2n) is 6.03. The molecule has 4 heteroatoms. The lowest BCUT2D eigenvalue weighted by Gasteiger charge is -2.39. The summed E-state index contributed by atoms with van der Waals surface area (Å²) in [5, 5.41) is 4.12. The average Bonchev–Trinajstić information content (AvgIpc) is 2.40. The molecule has 1 aromatic rings. The maximum Gasteiger partial charge on any atom is 0.131 e. The summed E-state index contributed by atoms with van der Waals surface area (Å²) in [7, 11) is 0. The van der Waals surface area contributed by atoms with Crippen LogP contribution in [0.15, 0.2) is 12.3 Å². The maximum atomic E-state index is 4.74. The summed E-state index contributed by atoms with van der Waals surface area (Å²) >= 11 is 2.07. The van der Waals surface area contributed by atoms with Crippen molar-refractivity contribution in [2.45, 2.75) is 58.5 Å². The molecule has 0 spiro atoms. The standard InChI is InChI=1S/C16H27N3S/c1-11(2)17-9-15-8-12(3)16(18-10-15)19-6-7-20-14(5)13(19)4/h8,10-11,13-14,17H,6-7,9H2,1-5H3. The van der Waals surface area contributed by atoms with Gasteiger partial charge in [-0.2, -0.15) is 11.8 Å². The lowest BCUT2D eigenvalue weighted by molar-refractivity contribution is 0.586. The highest BCUT2D eigenvalue weighted by Crippen LogP contribution is 2.29. The van der Waals surface area contributed by atoms with Crippen molar-refractivity contribution in [2.24, 2.45) is 0 Å². The molecule has 1 N–H and O–H groups in total. The number of aryl methyl sites for hydroxylation is 1. The van der Waals surface area contributed by atoms with Gasteiger partial charge < -0.3 is 10.2 Å². The Bertz CT molecular complexity index is 447. The molecule has 1 fully saturated rings. The van der Waals surface area contributed by atoms with Crippen molar-refractivity contribution in [3.8, 4) is 0 Å². The summed E-state index contributed by atoms with van der Waals surface area (Å²) in [6, 6.07) is 3.34. The molecule has 0 radical (unpaired) electrons. The van der Waals surface area contributed by atoms with Gasteiger partial charge in [0, 0.05) is 42.4 Å². The Morgan fingerprint density at radius 1 is 1.45 bits per heavy atom. The number of nitrogens with one attached hydrogen (secondary N) is 1. The topological polar surface area (TPSA) is 28.2 Å². The molecule has 1 aliphatic rings. The Labute approximate surface area is 127 Å². The number of hydrogen-bond acceptors (Lipinski definition) is 4. The van der Waals surface area contributed by atoms with E-state index in [2.05, 4.69) is 62.7 Å². The second kappa shape index (κ2) is 6.81. The van der Waals surface area contributed by atoms with Crippen molar-refractivity contribution in [1.29, 1.82) is 0 Å². The Hall–Kier alpha value is -0.740. The highest BCUT2D eigenvalue weighted by atomic mass is 32.2. The predicted octanol–water partition coefficient (Wildman–Crippen LogP) is 3.22. The summed E-state index contributed by atoms with van der Waals surface area (Å²) < 4.78 is 0. The Morgan fingerprint density at radius 2 is 2.20 bits per heavy atom. The van der Waals surface area contributed by atoms with E-state index in [0.717, 1.165) is 18.9 Å². The largest absolute Gasteiger partial charge is 0.352 e. The van der Waals surface area contributed by atoms with E-state index in [1.54, 1.807) is 0 Å². The predicted molar refractivity (Wildman–Crippen MR) is 89.7 cm³/mol. The molecule has 2 heterocycles. The van der Waals surface area contributed by atoms with Gasteiger partial charge in [0.2, 0.25) is 0 Å². The number of thioether (sulfide) groups is 1. The van der Waals surface area contributed by atoms with Gasteiger partial charge in [-0.25, -0.2) is 4.98 Å². The molecule has 1 aliphatic heterocycles. The zero-order valence-corrected chi connectivity index (χ0v) is 14.1. The molecule has 0 aliphatic carbocycles. The fourth-order valence-electron chi connectivity index (χ4n) is 2.58. The molecule has 20 heavy (non-hydrogen) atoms. The minimum Gasteiger partial charge on any atom is -0.352 e. The highest BCUT2D eigenvalue weighted by Gasteiger charge is 2.27. The molecular formula is C16H27N3S. The van der Waals surface area contributed by atoms with Crippen LogP contribution in [0.1, 0.15) is 38.8 Å². The van der Waals surface area contributed by atoms with Crippen LogP contribution in [-0.4, -0.2) is 34.6 Å². The van der Waals surface area contributed by atoms with E-state index in [0.29, 0.717) is 17.3 Å². The van der Waals surface area contributed by atoms with Gasteiger partial charge in [0.15, 0.2) is 0 Å². The van der Waals surface area contributed by atoms with Crippen molar-refractivity contribution in [2.75, 3.05) is 17.2 Å². The van der Waals surface area contributed by atoms with Gasteiger partial charge in [0.1, 0.15) is 5.82 Å². The number of anilines is 1. The lowest BCUT2D eigenvalue weighted by Crippen LogP contribution is -2.45. The first kappa shape index (κ1) is 15.6. The van der Waals surface area contributed by atoms with E-state index in [9.17, 15) is 0 Å². The Morgan fingerprint density at radius 3 is 2.85 bits per heavy atom. The molecule has 0 saturated carbocycles. The average molecular weight is 293 g/mol. The van der Waals surface area contributed by atoms with Crippen molar-refractivity contribution < 1.29 is 0 Å². The molecular weight excluding hydrogens is 266 g/mol. The van der Waals surface area contributed by atoms with E-state index in [1.165, 1.54) is 16.9 Å². The summed E-state index contributed by atoms with van der Waals surface area (Å²) in [6.07, 6.45) is 2.02. The van der Waals surface area contributed by atoms with E-state index in [4.69, 9.17) is 4.98 Å². The molecule has 112 valence electrons. The van der Waals surface area contributed by atoms with Crippen LogP contribution in [0, 0.1) is 6.92 Å². The van der Waals surface area contributed by atoms with Crippen LogP contribution >= 0.6 is 11.8 Å². The first-order chi connectivity index (χ1) is 9.49. The number of aromatic nitrogens is 1. The maximum absolute atomic E-state index is 4.74. The first-order valence-corrected chi connectivity index (χ1v) is 8.61. The van der Waals surface area contributed by atoms with Crippen LogP contribution in [0.3, 0.4) is 0 Å². The Balaban J connectivity index is 2.12. The number of rotatable bonds is 4. The van der Waals surface area contributed by atoms with Gasteiger partial charge >= 0.3 is 0 Å². The highest BCUT2D eigenvalue weighted by molar-refractivity contribution is 8.00. The molecule has 2 rings (SSSR count). The van der Waals surface area contributed by atoms with E-state index >= 15 is 0 Å². The quantitative estimate of drug-likeness (QED) is 0.922. The molecule has 0 aromatic carbocycles. The number of nitrogens with zero attached hydrogens (tertiary/aromatic N) is 2. The van der Waals surface area contributed by atoms with Crippen molar-refractivity contribution in [1.82, 2.24) is 10.3 Å². The minimum atomic E-state index is 0.509. The van der Waals surface area contributed by atoms with Gasteiger partial charge in [0.05, 0.1) is 0 Å². The van der Waals surface area contributed by atoms with E-state index < -0.39 is 0 Å². The SMILES string of the molecule is Cc1cc(CNC(C)C)cnc1N1CCSC(C)C1C. The zero-order valence-electron chi connectivity index (χ0n) is 13.3. The van der Waals surface area contributed by atoms with Crippen molar-refractivity contribution >= 4 is 17.6 Å². The van der Waals surface area contributed by atoms with Gasteiger partial charge in [0.25, 0.3) is 0 Å². The first-order valence-electron chi connectivity index (χ1n) is 7.56. The smallest absolute Gasteiger partial charge is 0.131 e. The molecule has 0 bridgehead atoms. The normalized spacial score (nSPS) is 23.4. The molecule has 2 atom stereocenters. The molecule has 1 aromatic heterocycles. The van der Waals surface area contributed by atoms with Crippen LogP contribution in [-0.2, 0) is 6.54 Å². The number of hydrogen-bond donors (Lipinski definition) is 1. The lowest BCUT2D eigenvalue weighted by atomic mass is 10.1. The Kier molecular flexibility index (Phi) is 5.33. The summed E-state index contributed by atoms with van der Waals surface area (Å²) in [5.74, 6) is 2.36. The third-order valence-electron chi connectivity index (χ3n) is 3.98. The molecule has 0 amide bonds. The fourth-order valence-corrected chi connectivity index (χ4v) is 3.68. The second-order valence-corrected chi connectivity index (χ2v) is 7.51. The molecule has 3 nitrogen and oxygen atoms in total. The van der Waals surface area contributed by atoms with Gasteiger partial charge in [-0.05, 0) is 31.0 Å². The summed E-state index contributed by atoms with van der Waals surface area (Å²) in [5.41, 5.74) is 2.56. The van der Waals surface area contributed by atoms with E-state index in [1.807, 2.05) is 6.20 Å². The van der Waals surface area contributed by atoms with Crippen LogP contribution in [0.5, 0.6) is 0 Å². The number of pyridine rings is 1. The summed E-state index contributed by atoms with van der Waals surface area (Å²) in [4.78, 5) is 7.21. The van der Waals surface area contributed by atoms with Gasteiger partial charge in [-0.15, -0.1) is 0 Å². The zero-order chi connectivity index (χ0) is 14.7. The molecule has 2 unspecified atom stereocenters. The summed E-state index contributed by atoms with van der Waals surface area (Å²) in [6.45, 7) is 13.2. The van der Waals surface area contributed by atoms with E-state index in [-0.39, 0.29) is 0 Å². The fraction of sp³-hybridized carbons (Fsp3) is 0.688. The van der Waals surface area contributed by atoms with Crippen LogP contribution in [0.4, 0.5) is 5.82 Å². The third kappa shape index (κ3) is 3.67. The van der Waals surface area contributed by atoms with Crippen molar-refractivity contribution in [3.05, 3.63) is 23.4 Å². The van der Waals surface area contributed by atoms with Gasteiger partial charge in [-0.3, -0.25) is 0 Å².